The van der Waals surface area contributed by atoms with E-state index in [1.54, 1.807) is 14.2 Å². The average Bonchev–Trinajstić information content (AvgIpc) is 2.27. The van der Waals surface area contributed by atoms with Crippen LogP contribution in [0.2, 0.25) is 0 Å². The lowest BCUT2D eigenvalue weighted by molar-refractivity contribution is 0.0533. The molecule has 18 heavy (non-hydrogen) atoms. The summed E-state index contributed by atoms with van der Waals surface area (Å²) in [6.45, 7) is 12.7. The minimum Gasteiger partial charge on any atom is -0.383 e. The lowest BCUT2D eigenvalue weighted by Gasteiger charge is -2.37. The molecule has 0 aliphatic rings. The Kier molecular flexibility index (Phi) is 9.48. The van der Waals surface area contributed by atoms with Crippen molar-refractivity contribution in [2.45, 2.75) is 33.7 Å². The molecule has 0 saturated heterocycles. The van der Waals surface area contributed by atoms with Crippen LogP contribution in [0.4, 0.5) is 0 Å². The Morgan fingerprint density at radius 1 is 1.17 bits per heavy atom. The highest BCUT2D eigenvalue weighted by Gasteiger charge is 2.27. The third-order valence-electron chi connectivity index (χ3n) is 3.48. The van der Waals surface area contributed by atoms with Crippen molar-refractivity contribution >= 4 is 15.9 Å². The largest absolute Gasteiger partial charge is 0.383 e. The lowest BCUT2D eigenvalue weighted by atomic mass is 9.81. The zero-order valence-corrected chi connectivity index (χ0v) is 14.4. The molecule has 0 radical (unpaired) electrons. The maximum Gasteiger partial charge on any atom is 0.0615 e. The van der Waals surface area contributed by atoms with Crippen LogP contribution in [-0.4, -0.2) is 56.8 Å². The zero-order valence-electron chi connectivity index (χ0n) is 12.8. The number of ether oxygens (including phenoxy) is 2. The van der Waals surface area contributed by atoms with Gasteiger partial charge in [0.05, 0.1) is 13.2 Å². The predicted octanol–water partition coefficient (Wildman–Crippen LogP) is 3.03. The van der Waals surface area contributed by atoms with E-state index in [9.17, 15) is 0 Å². The number of hydrogen-bond donors (Lipinski definition) is 0. The molecule has 0 aromatic carbocycles. The second-order valence-corrected chi connectivity index (χ2v) is 6.66. The van der Waals surface area contributed by atoms with Crippen LogP contribution in [0, 0.1) is 11.3 Å². The van der Waals surface area contributed by atoms with Gasteiger partial charge in [-0.2, -0.15) is 0 Å². The van der Waals surface area contributed by atoms with E-state index in [4.69, 9.17) is 9.47 Å². The Morgan fingerprint density at radius 3 is 2.17 bits per heavy atom. The standard InChI is InChI=1S/C14H30BrNO2/c1-12(11-18-6)16(7-8-17-5)10-13(9-15)14(2,3)4/h12-13H,7-11H2,1-6H3. The molecule has 0 spiro atoms. The molecule has 110 valence electrons. The number of nitrogens with zero attached hydrogens (tertiary/aromatic N) is 1. The molecule has 4 heteroatoms. The van der Waals surface area contributed by atoms with Crippen molar-refractivity contribution in [1.82, 2.24) is 4.90 Å². The summed E-state index contributed by atoms with van der Waals surface area (Å²) < 4.78 is 10.5. The molecule has 0 amide bonds. The zero-order chi connectivity index (χ0) is 14.2. The summed E-state index contributed by atoms with van der Waals surface area (Å²) in [7, 11) is 3.52. The second-order valence-electron chi connectivity index (χ2n) is 6.01. The number of rotatable bonds is 9. The van der Waals surface area contributed by atoms with E-state index in [2.05, 4.69) is 48.5 Å². The first kappa shape index (κ1) is 18.4. The molecule has 0 aliphatic heterocycles. The van der Waals surface area contributed by atoms with Crippen molar-refractivity contribution < 1.29 is 9.47 Å². The molecule has 0 N–H and O–H groups in total. The summed E-state index contributed by atoms with van der Waals surface area (Å²) in [5.41, 5.74) is 0.307. The van der Waals surface area contributed by atoms with Gasteiger partial charge in [-0.25, -0.2) is 0 Å². The second kappa shape index (κ2) is 9.29. The summed E-state index contributed by atoms with van der Waals surface area (Å²) in [6.07, 6.45) is 0. The van der Waals surface area contributed by atoms with Crippen LogP contribution in [0.5, 0.6) is 0 Å². The molecule has 0 rings (SSSR count). The van der Waals surface area contributed by atoms with Gasteiger partial charge < -0.3 is 9.47 Å². The Bertz CT molecular complexity index is 206. The molecule has 0 aliphatic carbocycles. The smallest absolute Gasteiger partial charge is 0.0615 e. The Morgan fingerprint density at radius 2 is 1.78 bits per heavy atom. The van der Waals surface area contributed by atoms with Gasteiger partial charge >= 0.3 is 0 Å². The van der Waals surface area contributed by atoms with Crippen molar-refractivity contribution in [1.29, 1.82) is 0 Å². The summed E-state index contributed by atoms with van der Waals surface area (Å²) in [5, 5.41) is 1.03. The van der Waals surface area contributed by atoms with Crippen molar-refractivity contribution in [3.63, 3.8) is 0 Å². The van der Waals surface area contributed by atoms with E-state index < -0.39 is 0 Å². The van der Waals surface area contributed by atoms with Crippen molar-refractivity contribution in [2.24, 2.45) is 11.3 Å². The van der Waals surface area contributed by atoms with Gasteiger partial charge in [0, 0.05) is 38.7 Å². The molecule has 0 bridgehead atoms. The Balaban J connectivity index is 4.54. The van der Waals surface area contributed by atoms with E-state index in [1.807, 2.05) is 0 Å². The number of hydrogen-bond acceptors (Lipinski definition) is 3. The quantitative estimate of drug-likeness (QED) is 0.609. The van der Waals surface area contributed by atoms with Gasteiger partial charge in [0.25, 0.3) is 0 Å². The van der Waals surface area contributed by atoms with Crippen LogP contribution in [-0.2, 0) is 9.47 Å². The molecule has 0 fully saturated rings. The normalized spacial score (nSPS) is 16.0. The van der Waals surface area contributed by atoms with Gasteiger partial charge in [0.1, 0.15) is 0 Å². The highest BCUT2D eigenvalue weighted by molar-refractivity contribution is 9.09. The van der Waals surface area contributed by atoms with Gasteiger partial charge in [-0.05, 0) is 18.3 Å². The highest BCUT2D eigenvalue weighted by atomic mass is 79.9. The molecular formula is C14H30BrNO2. The minimum atomic E-state index is 0.307. The fraction of sp³-hybridized carbons (Fsp3) is 1.00. The van der Waals surface area contributed by atoms with Crippen molar-refractivity contribution in [2.75, 3.05) is 45.9 Å². The molecular weight excluding hydrogens is 294 g/mol. The summed E-state index contributed by atoms with van der Waals surface area (Å²) in [4.78, 5) is 2.46. The Hall–Kier alpha value is 0.360. The number of methoxy groups -OCH3 is 2. The molecule has 0 heterocycles. The fourth-order valence-electron chi connectivity index (χ4n) is 1.88. The molecule has 0 aromatic heterocycles. The molecule has 2 atom stereocenters. The maximum absolute atomic E-state index is 5.27. The number of halogens is 1. The summed E-state index contributed by atoms with van der Waals surface area (Å²) in [5.74, 6) is 0.619. The molecule has 2 unspecified atom stereocenters. The van der Waals surface area contributed by atoms with Gasteiger partial charge in [0.2, 0.25) is 0 Å². The number of alkyl halides is 1. The first-order valence-corrected chi connectivity index (χ1v) is 7.76. The van der Waals surface area contributed by atoms with Crippen LogP contribution < -0.4 is 0 Å². The van der Waals surface area contributed by atoms with Gasteiger partial charge in [-0.1, -0.05) is 36.7 Å². The van der Waals surface area contributed by atoms with Crippen molar-refractivity contribution in [3.05, 3.63) is 0 Å². The Labute approximate surface area is 121 Å². The van der Waals surface area contributed by atoms with Gasteiger partial charge in [-0.3, -0.25) is 4.90 Å². The molecule has 0 saturated carbocycles. The van der Waals surface area contributed by atoms with Crippen molar-refractivity contribution in [3.8, 4) is 0 Å². The lowest BCUT2D eigenvalue weighted by Crippen LogP contribution is -2.44. The third kappa shape index (κ3) is 7.07. The van der Waals surface area contributed by atoms with E-state index >= 15 is 0 Å². The van der Waals surface area contributed by atoms with Gasteiger partial charge in [0.15, 0.2) is 0 Å². The monoisotopic (exact) mass is 323 g/mol. The van der Waals surface area contributed by atoms with Gasteiger partial charge in [-0.15, -0.1) is 0 Å². The summed E-state index contributed by atoms with van der Waals surface area (Å²) >= 11 is 3.65. The van der Waals surface area contributed by atoms with Crippen LogP contribution in [0.25, 0.3) is 0 Å². The first-order chi connectivity index (χ1) is 8.36. The summed E-state index contributed by atoms with van der Waals surface area (Å²) in [6, 6.07) is 0.425. The van der Waals surface area contributed by atoms with E-state index in [-0.39, 0.29) is 0 Å². The maximum atomic E-state index is 5.27. The van der Waals surface area contributed by atoms with E-state index in [0.29, 0.717) is 17.4 Å². The van der Waals surface area contributed by atoms with Crippen LogP contribution in [0.1, 0.15) is 27.7 Å². The minimum absolute atomic E-state index is 0.307. The van der Waals surface area contributed by atoms with Crippen LogP contribution in [0.3, 0.4) is 0 Å². The molecule has 0 aromatic rings. The third-order valence-corrected chi connectivity index (χ3v) is 4.26. The van der Waals surface area contributed by atoms with Crippen LogP contribution in [0.15, 0.2) is 0 Å². The van der Waals surface area contributed by atoms with Crippen LogP contribution >= 0.6 is 15.9 Å². The fourth-order valence-corrected chi connectivity index (χ4v) is 3.06. The van der Waals surface area contributed by atoms with E-state index in [0.717, 1.165) is 31.6 Å². The highest BCUT2D eigenvalue weighted by Crippen LogP contribution is 2.28. The SMILES string of the molecule is COCCN(CC(CBr)C(C)(C)C)C(C)COC. The first-order valence-electron chi connectivity index (χ1n) is 6.64. The predicted molar refractivity (Wildman–Crippen MR) is 81.5 cm³/mol. The topological polar surface area (TPSA) is 21.7 Å². The average molecular weight is 324 g/mol. The van der Waals surface area contributed by atoms with E-state index in [1.165, 1.54) is 0 Å². The molecule has 3 nitrogen and oxygen atoms in total.